The summed E-state index contributed by atoms with van der Waals surface area (Å²) in [7, 11) is 0. The highest BCUT2D eigenvalue weighted by molar-refractivity contribution is 5.84. The zero-order valence-corrected chi connectivity index (χ0v) is 12.4. The maximum absolute atomic E-state index is 6.07. The van der Waals surface area contributed by atoms with Crippen molar-refractivity contribution in [1.82, 2.24) is 10.3 Å². The molecule has 2 atom stereocenters. The molecule has 1 fully saturated rings. The Morgan fingerprint density at radius 1 is 1.38 bits per heavy atom. The lowest BCUT2D eigenvalue weighted by molar-refractivity contribution is 0.161. The van der Waals surface area contributed by atoms with Crippen molar-refractivity contribution in [2.24, 2.45) is 5.92 Å². The van der Waals surface area contributed by atoms with Crippen LogP contribution < -0.4 is 10.1 Å². The Kier molecular flexibility index (Phi) is 4.68. The van der Waals surface area contributed by atoms with Gasteiger partial charge in [-0.1, -0.05) is 25.1 Å². The van der Waals surface area contributed by atoms with Crippen LogP contribution in [0.5, 0.6) is 5.75 Å². The zero-order valence-electron chi connectivity index (χ0n) is 12.4. The molecule has 0 bridgehead atoms. The second-order valence-corrected chi connectivity index (χ2v) is 5.43. The van der Waals surface area contributed by atoms with Gasteiger partial charge in [-0.3, -0.25) is 4.98 Å². The largest absolute Gasteiger partial charge is 0.490 e. The smallest absolute Gasteiger partial charge is 0.145 e. The first kappa shape index (κ1) is 14.3. The summed E-state index contributed by atoms with van der Waals surface area (Å²) in [4.78, 5) is 4.43. The van der Waals surface area contributed by atoms with E-state index in [-0.39, 0.29) is 0 Å². The van der Waals surface area contributed by atoms with Crippen molar-refractivity contribution in [3.63, 3.8) is 0 Å². The van der Waals surface area contributed by atoms with Crippen LogP contribution in [0.2, 0.25) is 0 Å². The molecule has 1 aliphatic heterocycles. The van der Waals surface area contributed by atoms with Gasteiger partial charge in [-0.05, 0) is 25.1 Å². The Bertz CT molecular complexity index is 577. The van der Waals surface area contributed by atoms with Crippen molar-refractivity contribution >= 4 is 10.9 Å². The third-order valence-electron chi connectivity index (χ3n) is 4.01. The fourth-order valence-electron chi connectivity index (χ4n) is 2.87. The van der Waals surface area contributed by atoms with Gasteiger partial charge in [0.05, 0.1) is 6.61 Å². The van der Waals surface area contributed by atoms with Gasteiger partial charge < -0.3 is 14.8 Å². The van der Waals surface area contributed by atoms with Crippen LogP contribution in [-0.4, -0.2) is 37.4 Å². The molecule has 2 aromatic rings. The minimum atomic E-state index is 0.330. The molecule has 3 rings (SSSR count). The van der Waals surface area contributed by atoms with Crippen LogP contribution in [-0.2, 0) is 4.74 Å². The number of pyridine rings is 1. The summed E-state index contributed by atoms with van der Waals surface area (Å²) in [6, 6.07) is 10.4. The van der Waals surface area contributed by atoms with Gasteiger partial charge in [0.1, 0.15) is 17.9 Å². The van der Waals surface area contributed by atoms with E-state index in [9.17, 15) is 0 Å². The average molecular weight is 286 g/mol. The molecule has 21 heavy (non-hydrogen) atoms. The lowest BCUT2D eigenvalue weighted by Crippen LogP contribution is -2.41. The van der Waals surface area contributed by atoms with Gasteiger partial charge in [0.15, 0.2) is 0 Å². The molecular formula is C17H22N2O2. The molecule has 0 saturated carbocycles. The van der Waals surface area contributed by atoms with Crippen molar-refractivity contribution in [3.05, 3.63) is 36.5 Å². The molecule has 0 aliphatic carbocycles. The second kappa shape index (κ2) is 6.87. The number of aromatic nitrogens is 1. The van der Waals surface area contributed by atoms with Crippen molar-refractivity contribution in [3.8, 4) is 5.75 Å². The average Bonchev–Trinajstić information content (AvgIpc) is 3.05. The van der Waals surface area contributed by atoms with E-state index < -0.39 is 0 Å². The maximum Gasteiger partial charge on any atom is 0.145 e. The predicted octanol–water partition coefficient (Wildman–Crippen LogP) is 2.63. The normalized spacial score (nSPS) is 19.8. The predicted molar refractivity (Wildman–Crippen MR) is 83.6 cm³/mol. The molecule has 4 nitrogen and oxygen atoms in total. The number of fused-ring (bicyclic) bond motifs is 1. The van der Waals surface area contributed by atoms with Gasteiger partial charge in [0.2, 0.25) is 0 Å². The lowest BCUT2D eigenvalue weighted by Gasteiger charge is -2.23. The zero-order chi connectivity index (χ0) is 14.5. The molecule has 2 unspecified atom stereocenters. The summed E-state index contributed by atoms with van der Waals surface area (Å²) in [5.41, 5.74) is 0.929. The minimum absolute atomic E-state index is 0.330. The number of hydrogen-bond donors (Lipinski definition) is 1. The fourth-order valence-corrected chi connectivity index (χ4v) is 2.87. The summed E-state index contributed by atoms with van der Waals surface area (Å²) in [6.45, 7) is 5.41. The van der Waals surface area contributed by atoms with Crippen LogP contribution in [0.3, 0.4) is 0 Å². The molecule has 4 heteroatoms. The van der Waals surface area contributed by atoms with E-state index in [0.29, 0.717) is 18.6 Å². The standard InChI is InChI=1S/C17H22N2O2/c1-2-18-15(14-8-10-20-11-14)12-21-16-7-3-5-13-6-4-9-19-17(13)16/h3-7,9,14-15,18H,2,8,10-12H2,1H3. The quantitative estimate of drug-likeness (QED) is 0.886. The fraction of sp³-hybridized carbons (Fsp3) is 0.471. The van der Waals surface area contributed by atoms with Gasteiger partial charge in [0, 0.05) is 30.1 Å². The Morgan fingerprint density at radius 2 is 2.29 bits per heavy atom. The molecule has 0 radical (unpaired) electrons. The van der Waals surface area contributed by atoms with Crippen LogP contribution >= 0.6 is 0 Å². The molecule has 1 aromatic heterocycles. The minimum Gasteiger partial charge on any atom is -0.490 e. The first-order valence-corrected chi connectivity index (χ1v) is 7.66. The lowest BCUT2D eigenvalue weighted by atomic mass is 10.00. The van der Waals surface area contributed by atoms with Crippen molar-refractivity contribution in [2.45, 2.75) is 19.4 Å². The summed E-state index contributed by atoms with van der Waals surface area (Å²) in [5, 5.41) is 4.63. The van der Waals surface area contributed by atoms with E-state index >= 15 is 0 Å². The van der Waals surface area contributed by atoms with Gasteiger partial charge >= 0.3 is 0 Å². The molecule has 1 saturated heterocycles. The van der Waals surface area contributed by atoms with Gasteiger partial charge in [-0.15, -0.1) is 0 Å². The topological polar surface area (TPSA) is 43.4 Å². The van der Waals surface area contributed by atoms with Gasteiger partial charge in [-0.25, -0.2) is 0 Å². The molecular weight excluding hydrogens is 264 g/mol. The Balaban J connectivity index is 1.72. The molecule has 2 heterocycles. The van der Waals surface area contributed by atoms with Crippen LogP contribution in [0.15, 0.2) is 36.5 Å². The van der Waals surface area contributed by atoms with Gasteiger partial charge in [-0.2, -0.15) is 0 Å². The van der Waals surface area contributed by atoms with E-state index in [2.05, 4.69) is 29.4 Å². The third-order valence-corrected chi connectivity index (χ3v) is 4.01. The summed E-state index contributed by atoms with van der Waals surface area (Å²) < 4.78 is 11.6. The monoisotopic (exact) mass is 286 g/mol. The molecule has 1 N–H and O–H groups in total. The number of benzene rings is 1. The van der Waals surface area contributed by atoms with Crippen LogP contribution in [0.25, 0.3) is 10.9 Å². The maximum atomic E-state index is 6.07. The van der Waals surface area contributed by atoms with Crippen LogP contribution in [0.4, 0.5) is 0 Å². The summed E-state index contributed by atoms with van der Waals surface area (Å²) in [6.07, 6.45) is 2.91. The number of nitrogens with zero attached hydrogens (tertiary/aromatic N) is 1. The van der Waals surface area contributed by atoms with E-state index in [1.165, 1.54) is 0 Å². The SMILES string of the molecule is CCNC(COc1cccc2cccnc12)C1CCOC1. The van der Waals surface area contributed by atoms with Crippen molar-refractivity contribution < 1.29 is 9.47 Å². The van der Waals surface area contributed by atoms with Gasteiger partial charge in [0.25, 0.3) is 0 Å². The number of hydrogen-bond acceptors (Lipinski definition) is 4. The number of rotatable bonds is 6. The second-order valence-electron chi connectivity index (χ2n) is 5.43. The highest BCUT2D eigenvalue weighted by atomic mass is 16.5. The summed E-state index contributed by atoms with van der Waals surface area (Å²) >= 11 is 0. The molecule has 112 valence electrons. The van der Waals surface area contributed by atoms with Crippen LogP contribution in [0, 0.1) is 5.92 Å². The Hall–Kier alpha value is -1.65. The van der Waals surface area contributed by atoms with Crippen molar-refractivity contribution in [1.29, 1.82) is 0 Å². The number of nitrogens with one attached hydrogen (secondary N) is 1. The molecule has 0 spiro atoms. The first-order valence-electron chi connectivity index (χ1n) is 7.66. The first-order chi connectivity index (χ1) is 10.4. The molecule has 0 amide bonds. The molecule has 1 aromatic carbocycles. The van der Waals surface area contributed by atoms with E-state index in [0.717, 1.165) is 42.8 Å². The van der Waals surface area contributed by atoms with Crippen LogP contribution in [0.1, 0.15) is 13.3 Å². The Morgan fingerprint density at radius 3 is 3.10 bits per heavy atom. The highest BCUT2D eigenvalue weighted by Crippen LogP contribution is 2.24. The van der Waals surface area contributed by atoms with E-state index in [1.807, 2.05) is 24.4 Å². The number of para-hydroxylation sites is 1. The number of ether oxygens (including phenoxy) is 2. The Labute approximate surface area is 125 Å². The highest BCUT2D eigenvalue weighted by Gasteiger charge is 2.25. The van der Waals surface area contributed by atoms with E-state index in [4.69, 9.17) is 9.47 Å². The third kappa shape index (κ3) is 3.34. The number of likely N-dealkylation sites (N-methyl/N-ethyl adjacent to an activating group) is 1. The summed E-state index contributed by atoms with van der Waals surface area (Å²) in [5.74, 6) is 1.39. The van der Waals surface area contributed by atoms with Crippen molar-refractivity contribution in [2.75, 3.05) is 26.4 Å². The molecule has 1 aliphatic rings. The van der Waals surface area contributed by atoms with E-state index in [1.54, 1.807) is 0 Å².